The normalized spacial score (nSPS) is 16.4. The van der Waals surface area contributed by atoms with Crippen molar-refractivity contribution in [3.8, 4) is 62.4 Å². The fourth-order valence-electron chi connectivity index (χ4n) is 18.4. The van der Waals surface area contributed by atoms with E-state index in [0.717, 1.165) is 212 Å². The van der Waals surface area contributed by atoms with Crippen molar-refractivity contribution < 1.29 is 22.1 Å². The lowest BCUT2D eigenvalue weighted by Crippen LogP contribution is -2.49. The highest BCUT2D eigenvalue weighted by molar-refractivity contribution is 7.15. The predicted molar refractivity (Wildman–Crippen MR) is 544 cm³/mol. The lowest BCUT2D eigenvalue weighted by Gasteiger charge is -2.36. The fourth-order valence-corrected chi connectivity index (χ4v) is 20.5. The van der Waals surface area contributed by atoms with Crippen LogP contribution in [0.3, 0.4) is 0 Å². The van der Waals surface area contributed by atoms with E-state index in [0.29, 0.717) is 107 Å². The van der Waals surface area contributed by atoms with E-state index in [9.17, 15) is 24.0 Å². The topological polar surface area (TPSA) is 320 Å². The minimum atomic E-state index is -0.419. The monoisotopic (exact) mass is 1890 g/mol. The van der Waals surface area contributed by atoms with Gasteiger partial charge in [-0.3, -0.25) is 18.1 Å². The molecule has 5 saturated heterocycles. The van der Waals surface area contributed by atoms with Crippen LogP contribution in [0.4, 0.5) is 28.4 Å². The number of fused-ring (bicyclic) bond motifs is 10. The van der Waals surface area contributed by atoms with Gasteiger partial charge in [0, 0.05) is 287 Å². The number of aromatic nitrogens is 10. The Kier molecular flexibility index (Phi) is 25.0. The van der Waals surface area contributed by atoms with Gasteiger partial charge in [-0.2, -0.15) is 5.26 Å². The summed E-state index contributed by atoms with van der Waals surface area (Å²) in [4.78, 5) is 105. The van der Waals surface area contributed by atoms with E-state index in [2.05, 4.69) is 139 Å². The number of nitrogens with zero attached hydrogens (tertiary/aromatic N) is 18. The number of nitrogens with one attached hydrogen (secondary N) is 3. The Morgan fingerprint density at radius 2 is 0.730 bits per heavy atom. The summed E-state index contributed by atoms with van der Waals surface area (Å²) in [6.45, 7) is 27.5. The predicted octanol–water partition coefficient (Wildman–Crippen LogP) is 15.6. The van der Waals surface area contributed by atoms with Crippen molar-refractivity contribution in [3.63, 3.8) is 0 Å². The van der Waals surface area contributed by atoms with Gasteiger partial charge in [-0.1, -0.05) is 13.0 Å². The average Bonchev–Trinajstić information content (AvgIpc) is 1.72. The largest absolute Gasteiger partial charge is 0.422 e. The lowest BCUT2D eigenvalue weighted by atomic mass is 10.1. The van der Waals surface area contributed by atoms with E-state index < -0.39 is 5.63 Å². The molecule has 2 atom stereocenters. The Morgan fingerprint density at radius 1 is 0.380 bits per heavy atom. The molecule has 34 heteroatoms. The van der Waals surface area contributed by atoms with Crippen molar-refractivity contribution in [3.05, 3.63) is 287 Å². The Labute approximate surface area is 796 Å². The van der Waals surface area contributed by atoms with E-state index in [-0.39, 0.29) is 22.5 Å². The third-order valence-electron chi connectivity index (χ3n) is 25.8. The van der Waals surface area contributed by atoms with Crippen LogP contribution in [0.15, 0.2) is 270 Å². The van der Waals surface area contributed by atoms with Crippen molar-refractivity contribution >= 4 is 143 Å². The molecular weight excluding hydrogens is 1790 g/mol. The van der Waals surface area contributed by atoms with Gasteiger partial charge in [0.05, 0.1) is 61.9 Å². The van der Waals surface area contributed by atoms with Crippen LogP contribution in [0.1, 0.15) is 44.7 Å². The maximum Gasteiger partial charge on any atom is 0.345 e. The van der Waals surface area contributed by atoms with Gasteiger partial charge in [0.2, 0.25) is 0 Å². The molecule has 25 rings (SSSR count). The molecule has 5 aliphatic rings. The zero-order valence-corrected chi connectivity index (χ0v) is 78.7. The lowest BCUT2D eigenvalue weighted by molar-refractivity contribution is 0.258. The van der Waals surface area contributed by atoms with Crippen molar-refractivity contribution in [2.24, 2.45) is 0 Å². The van der Waals surface area contributed by atoms with Gasteiger partial charge < -0.3 is 76.2 Å². The molecule has 20 aromatic rings. The molecule has 0 amide bonds. The summed E-state index contributed by atoms with van der Waals surface area (Å²) >= 11 is 4.62. The van der Waals surface area contributed by atoms with Crippen LogP contribution >= 0.6 is 34.0 Å². The molecule has 0 bridgehead atoms. The molecule has 31 nitrogen and oxygen atoms in total. The number of anilines is 5. The van der Waals surface area contributed by atoms with E-state index in [1.807, 2.05) is 193 Å². The highest BCUT2D eigenvalue weighted by Crippen LogP contribution is 2.35. The summed E-state index contributed by atoms with van der Waals surface area (Å²) in [6, 6.07) is 50.1. The maximum atomic E-state index is 12.7. The van der Waals surface area contributed by atoms with E-state index in [1.54, 1.807) is 40.3 Å². The van der Waals surface area contributed by atoms with Gasteiger partial charge in [-0.05, 0) is 169 Å². The molecule has 137 heavy (non-hydrogen) atoms. The number of aryl methyl sites for hydroxylation is 1. The van der Waals surface area contributed by atoms with Crippen molar-refractivity contribution in [1.29, 1.82) is 5.26 Å². The fraction of sp³-hybridized carbons (Fsp3) is 0.272. The van der Waals surface area contributed by atoms with E-state index in [4.69, 9.17) is 27.3 Å². The summed E-state index contributed by atoms with van der Waals surface area (Å²) < 4.78 is 37.7. The molecule has 5 fully saturated rings. The molecule has 0 radical (unpaired) electrons. The van der Waals surface area contributed by atoms with E-state index in [1.165, 1.54) is 29.1 Å². The first-order valence-electron chi connectivity index (χ1n) is 46.2. The number of hydrogen-bond donors (Lipinski definition) is 3. The highest BCUT2D eigenvalue weighted by Gasteiger charge is 2.26. The van der Waals surface area contributed by atoms with Crippen LogP contribution in [0.25, 0.3) is 137 Å². The van der Waals surface area contributed by atoms with Gasteiger partial charge in [0.25, 0.3) is 0 Å². The minimum absolute atomic E-state index is 0.349. The second kappa shape index (κ2) is 38.6. The van der Waals surface area contributed by atoms with Gasteiger partial charge in [0.15, 0.2) is 14.9 Å². The molecule has 0 spiro atoms. The van der Waals surface area contributed by atoms with Crippen LogP contribution in [0.5, 0.6) is 0 Å². The highest BCUT2D eigenvalue weighted by atomic mass is 32.1. The molecule has 694 valence electrons. The van der Waals surface area contributed by atoms with Crippen molar-refractivity contribution in [2.45, 2.75) is 52.6 Å². The number of likely N-dealkylation sites (N-methyl/N-ethyl adjacent to an activating group) is 1. The Bertz CT molecular complexity index is 7770. The summed E-state index contributed by atoms with van der Waals surface area (Å²) in [6.07, 6.45) is 21.0. The van der Waals surface area contributed by atoms with Gasteiger partial charge >= 0.3 is 28.1 Å². The molecule has 0 unspecified atom stereocenters. The zero-order chi connectivity index (χ0) is 93.5. The number of rotatable bonds is 12. The van der Waals surface area contributed by atoms with Crippen molar-refractivity contribution in [2.75, 3.05) is 156 Å². The Morgan fingerprint density at radius 3 is 1.11 bits per heavy atom. The first-order chi connectivity index (χ1) is 66.8. The SMILES string of the molecule is CCCN1CCN(c2ccc3cc(-c4cn5cc(C)ccc5n4)c(=O)oc3c2)CC1.CN1CCN(c2ccc3cc(-c4cn5cc(C#N)ccc5n4)c(=O)oc3c2)CC1.C[C@@H]1CN(c2ccc3cc(-c4cn5ccsc5n4)c(=O)oc3c2)CCN1.C[C@H]1CN(c2ccc3cc(-c4cn5ccsc5n4)c(=O)oc3c2)CCN1.O=c1oc2cc(N3CCCNCC3)ccc2cc1-c1cn2ccsc2n1. The second-order valence-electron chi connectivity index (χ2n) is 35.3. The van der Waals surface area contributed by atoms with Crippen LogP contribution in [-0.4, -0.2) is 200 Å². The van der Waals surface area contributed by atoms with Gasteiger partial charge in [0.1, 0.15) is 45.3 Å². The minimum Gasteiger partial charge on any atom is -0.422 e. The molecular formula is C103H99N21O10S3. The zero-order valence-electron chi connectivity index (χ0n) is 76.2. The Balaban J connectivity index is 0.000000102. The number of nitriles is 1. The molecule has 20 heterocycles. The van der Waals surface area contributed by atoms with Crippen LogP contribution in [-0.2, 0) is 0 Å². The smallest absolute Gasteiger partial charge is 0.345 e. The number of pyridine rings is 2. The molecule has 5 aromatic carbocycles. The summed E-state index contributed by atoms with van der Waals surface area (Å²) in [7, 11) is 2.12. The first kappa shape index (κ1) is 88.9. The first-order valence-corrected chi connectivity index (χ1v) is 48.8. The molecule has 15 aromatic heterocycles. The number of piperazine rings is 4. The van der Waals surface area contributed by atoms with E-state index >= 15 is 0 Å². The second-order valence-corrected chi connectivity index (χ2v) is 38.0. The molecule has 0 saturated carbocycles. The molecule has 5 aliphatic heterocycles. The number of thiazole rings is 3. The third-order valence-corrected chi connectivity index (χ3v) is 28.1. The van der Waals surface area contributed by atoms with Crippen LogP contribution < -0.4 is 68.6 Å². The van der Waals surface area contributed by atoms with Crippen molar-refractivity contribution in [1.82, 2.24) is 72.7 Å². The summed E-state index contributed by atoms with van der Waals surface area (Å²) in [5.74, 6) is 0. The maximum absolute atomic E-state index is 12.7. The molecule has 0 aliphatic carbocycles. The summed E-state index contributed by atoms with van der Waals surface area (Å²) in [5, 5.41) is 29.7. The molecule has 3 N–H and O–H groups in total. The van der Waals surface area contributed by atoms with Gasteiger partial charge in [-0.25, -0.2) is 48.9 Å². The Hall–Kier alpha value is -14.7. The van der Waals surface area contributed by atoms with Gasteiger partial charge in [-0.15, -0.1) is 34.0 Å². The average molecular weight is 1890 g/mol. The van der Waals surface area contributed by atoms with Crippen LogP contribution in [0, 0.1) is 18.3 Å². The number of hydrogen-bond acceptors (Lipinski definition) is 29. The quantitative estimate of drug-likeness (QED) is 0.0957. The summed E-state index contributed by atoms with van der Waals surface area (Å²) in [5.41, 5.74) is 15.3. The number of benzene rings is 5. The number of imidazole rings is 5. The standard InChI is InChI=1S/C24H26N4O2.C22H19N5O2.3C19H18N4O2S/c1-3-8-26-9-11-27(12-10-26)19-6-5-18-13-20(24(29)30-22(18)14-19)21-16-28-15-17(2)4-7-23(28)25-21;1-25-6-8-26(9-7-25)17-4-3-16-10-18(22(28)29-20(16)11-17)19-14-27-13-15(12-23)2-5-21(27)24-19;2*1-12-10-22(5-4-20-12)14-3-2-13-8-15(18(24)25-17(13)9-14)16-11-23-6-7-26-19(23)21-16;24-18-15(16-12-23-8-9-26-19(23)21-16)10-13-2-3-14(11-17(13)25-18)22-6-1-4-20-5-7-22/h4-7,13-16H,3,8-12H2,1-2H3;2-5,10-11,13-14H,6-9H2,1H3;2*2-3,6-9,11-12,20H,4-5,10H2,1H3;2-3,8-12,20H,1,4-7H2/t;;2*12-;/m..10./s1. The third kappa shape index (κ3) is 19.2. The van der Waals surface area contributed by atoms with Crippen LogP contribution in [0.2, 0.25) is 0 Å².